The Hall–Kier alpha value is -3.69. The van der Waals surface area contributed by atoms with E-state index in [1.807, 2.05) is 44.2 Å². The second kappa shape index (κ2) is 12.7. The highest BCUT2D eigenvalue weighted by Gasteiger charge is 2.41. The maximum Gasteiger partial charge on any atom is 0.269 e. The molecule has 0 aromatic heterocycles. The second-order valence-corrected chi connectivity index (χ2v) is 12.4. The minimum Gasteiger partial charge on any atom is -0.354 e. The molecule has 0 radical (unpaired) electrons. The van der Waals surface area contributed by atoms with Crippen molar-refractivity contribution in [3.8, 4) is 0 Å². The maximum absolute atomic E-state index is 13.8. The molecule has 40 heavy (non-hydrogen) atoms. The lowest BCUT2D eigenvalue weighted by Gasteiger charge is -2.32. The van der Waals surface area contributed by atoms with Gasteiger partial charge < -0.3 is 10.2 Å². The Morgan fingerprint density at radius 1 is 0.925 bits per heavy atom. The summed E-state index contributed by atoms with van der Waals surface area (Å²) < 4.78 is 26.8. The molecule has 0 unspecified atom stereocenters. The molecule has 4 rings (SSSR count). The van der Waals surface area contributed by atoms with Gasteiger partial charge in [-0.2, -0.15) is 0 Å². The molecule has 10 heteroatoms. The van der Waals surface area contributed by atoms with Gasteiger partial charge in [-0.25, -0.2) is 12.7 Å². The van der Waals surface area contributed by atoms with Crippen molar-refractivity contribution in [3.05, 3.63) is 101 Å². The van der Waals surface area contributed by atoms with Gasteiger partial charge in [-0.3, -0.25) is 14.4 Å². The van der Waals surface area contributed by atoms with E-state index in [4.69, 9.17) is 11.6 Å². The van der Waals surface area contributed by atoms with Crippen molar-refractivity contribution in [1.29, 1.82) is 0 Å². The van der Waals surface area contributed by atoms with Crippen LogP contribution in [0.1, 0.15) is 41.8 Å². The molecule has 210 valence electrons. The van der Waals surface area contributed by atoms with E-state index in [9.17, 15) is 22.8 Å². The first kappa shape index (κ1) is 29.3. The van der Waals surface area contributed by atoms with Gasteiger partial charge in [0.25, 0.3) is 15.9 Å². The zero-order valence-electron chi connectivity index (χ0n) is 22.4. The summed E-state index contributed by atoms with van der Waals surface area (Å²) in [6, 6.07) is 21.5. The van der Waals surface area contributed by atoms with Crippen molar-refractivity contribution in [2.24, 2.45) is 5.92 Å². The molecule has 0 fully saturated rings. The fraction of sp³-hybridized carbons (Fsp3) is 0.300. The number of fused-ring (bicyclic) bond motifs is 1. The van der Waals surface area contributed by atoms with Gasteiger partial charge in [0.2, 0.25) is 11.8 Å². The van der Waals surface area contributed by atoms with E-state index in [2.05, 4.69) is 5.32 Å². The van der Waals surface area contributed by atoms with Crippen molar-refractivity contribution in [2.45, 2.75) is 44.2 Å². The number of nitrogens with one attached hydrogen (secondary N) is 1. The summed E-state index contributed by atoms with van der Waals surface area (Å²) in [5, 5.41) is 3.48. The summed E-state index contributed by atoms with van der Waals surface area (Å²) in [7, 11) is -4.06. The molecule has 1 N–H and O–H groups in total. The predicted octanol–water partition coefficient (Wildman–Crippen LogP) is 4.29. The number of amides is 3. The Bertz CT molecular complexity index is 1480. The van der Waals surface area contributed by atoms with Gasteiger partial charge in [-0.1, -0.05) is 80.0 Å². The summed E-state index contributed by atoms with van der Waals surface area (Å²) in [6.45, 7) is 4.16. The molecular formula is C30H32ClN3O5S. The van der Waals surface area contributed by atoms with Gasteiger partial charge in [0, 0.05) is 37.5 Å². The molecule has 8 nitrogen and oxygen atoms in total. The Balaban J connectivity index is 1.63. The topological polar surface area (TPSA) is 104 Å². The number of hydrogen-bond donors (Lipinski definition) is 1. The Labute approximate surface area is 240 Å². The SMILES string of the molecule is CC(C)CNC(=O)[C@@H](Cc1ccccc1)N(Cc1ccc(Cl)cc1)C(=O)CCN1C(=O)c2ccccc2S1(=O)=O. The minimum atomic E-state index is -4.06. The lowest BCUT2D eigenvalue weighted by atomic mass is 10.0. The second-order valence-electron chi connectivity index (χ2n) is 10.1. The average molecular weight is 582 g/mol. The van der Waals surface area contributed by atoms with E-state index in [0.717, 1.165) is 15.4 Å². The highest BCUT2D eigenvalue weighted by molar-refractivity contribution is 7.90. The standard InChI is InChI=1S/C30H32ClN3O5S/c1-21(2)19-32-29(36)26(18-22-8-4-3-5-9-22)33(20-23-12-14-24(31)15-13-23)28(35)16-17-34-30(37)25-10-6-7-11-27(25)40(34,38)39/h3-15,21,26H,16-20H2,1-2H3,(H,32,36)/t26-/m1/s1. The van der Waals surface area contributed by atoms with E-state index in [-0.39, 0.29) is 48.2 Å². The van der Waals surface area contributed by atoms with Crippen molar-refractivity contribution in [2.75, 3.05) is 13.1 Å². The fourth-order valence-corrected chi connectivity index (χ4v) is 6.25. The third kappa shape index (κ3) is 6.71. The van der Waals surface area contributed by atoms with Crippen LogP contribution in [0.4, 0.5) is 0 Å². The van der Waals surface area contributed by atoms with Crippen molar-refractivity contribution < 1.29 is 22.8 Å². The van der Waals surface area contributed by atoms with E-state index >= 15 is 0 Å². The largest absolute Gasteiger partial charge is 0.354 e. The molecule has 1 aliphatic rings. The predicted molar refractivity (Wildman–Crippen MR) is 153 cm³/mol. The molecule has 0 bridgehead atoms. The molecular weight excluding hydrogens is 550 g/mol. The zero-order valence-corrected chi connectivity index (χ0v) is 24.0. The molecule has 0 spiro atoms. The van der Waals surface area contributed by atoms with Crippen LogP contribution in [0.2, 0.25) is 5.02 Å². The summed E-state index contributed by atoms with van der Waals surface area (Å²) in [4.78, 5) is 41.6. The first-order valence-electron chi connectivity index (χ1n) is 13.1. The van der Waals surface area contributed by atoms with Crippen LogP contribution in [0.5, 0.6) is 0 Å². The third-order valence-corrected chi connectivity index (χ3v) is 8.76. The van der Waals surface area contributed by atoms with Crippen LogP contribution in [0.15, 0.2) is 83.8 Å². The summed E-state index contributed by atoms with van der Waals surface area (Å²) >= 11 is 6.06. The number of benzene rings is 3. The van der Waals surface area contributed by atoms with Gasteiger partial charge in [-0.05, 0) is 41.3 Å². The van der Waals surface area contributed by atoms with Crippen molar-refractivity contribution in [1.82, 2.24) is 14.5 Å². The first-order chi connectivity index (χ1) is 19.1. The number of rotatable bonds is 11. The number of halogens is 1. The molecule has 0 saturated carbocycles. The molecule has 1 aliphatic heterocycles. The smallest absolute Gasteiger partial charge is 0.269 e. The molecule has 1 atom stereocenters. The van der Waals surface area contributed by atoms with Gasteiger partial charge in [0.05, 0.1) is 5.56 Å². The summed E-state index contributed by atoms with van der Waals surface area (Å²) in [6.07, 6.45) is -0.0220. The highest BCUT2D eigenvalue weighted by atomic mass is 35.5. The number of carbonyl (C=O) groups is 3. The normalized spacial score (nSPS) is 14.6. The Morgan fingerprint density at radius 2 is 1.57 bits per heavy atom. The fourth-order valence-electron chi connectivity index (χ4n) is 4.56. The van der Waals surface area contributed by atoms with E-state index < -0.39 is 27.9 Å². The van der Waals surface area contributed by atoms with Gasteiger partial charge in [0.15, 0.2) is 0 Å². The zero-order chi connectivity index (χ0) is 28.9. The molecule has 1 heterocycles. The molecule has 3 amide bonds. The van der Waals surface area contributed by atoms with Crippen molar-refractivity contribution >= 4 is 39.3 Å². The van der Waals surface area contributed by atoms with Crippen LogP contribution in [0.25, 0.3) is 0 Å². The maximum atomic E-state index is 13.8. The number of hydrogen-bond acceptors (Lipinski definition) is 5. The molecule has 0 aliphatic carbocycles. The monoisotopic (exact) mass is 581 g/mol. The number of nitrogens with zero attached hydrogens (tertiary/aromatic N) is 2. The molecule has 3 aromatic carbocycles. The third-order valence-electron chi connectivity index (χ3n) is 6.66. The van der Waals surface area contributed by atoms with E-state index in [0.29, 0.717) is 11.6 Å². The van der Waals surface area contributed by atoms with Crippen LogP contribution < -0.4 is 5.32 Å². The van der Waals surface area contributed by atoms with Gasteiger partial charge in [0.1, 0.15) is 10.9 Å². The van der Waals surface area contributed by atoms with Gasteiger partial charge >= 0.3 is 0 Å². The van der Waals surface area contributed by atoms with Crippen LogP contribution in [0.3, 0.4) is 0 Å². The first-order valence-corrected chi connectivity index (χ1v) is 14.9. The highest BCUT2D eigenvalue weighted by Crippen LogP contribution is 2.30. The van der Waals surface area contributed by atoms with E-state index in [1.165, 1.54) is 17.0 Å². The Kier molecular flexibility index (Phi) is 9.27. The summed E-state index contributed by atoms with van der Waals surface area (Å²) in [5.41, 5.74) is 1.71. The minimum absolute atomic E-state index is 0.0690. The molecule has 3 aromatic rings. The quantitative estimate of drug-likeness (QED) is 0.364. The lowest BCUT2D eigenvalue weighted by Crippen LogP contribution is -2.51. The molecule has 0 saturated heterocycles. The lowest BCUT2D eigenvalue weighted by molar-refractivity contribution is -0.141. The van der Waals surface area contributed by atoms with Crippen LogP contribution in [-0.4, -0.2) is 54.5 Å². The van der Waals surface area contributed by atoms with Crippen LogP contribution in [0, 0.1) is 5.92 Å². The van der Waals surface area contributed by atoms with Crippen LogP contribution >= 0.6 is 11.6 Å². The number of carbonyl (C=O) groups excluding carboxylic acids is 3. The number of sulfonamides is 1. The van der Waals surface area contributed by atoms with Crippen molar-refractivity contribution in [3.63, 3.8) is 0 Å². The van der Waals surface area contributed by atoms with E-state index in [1.54, 1.807) is 36.4 Å². The van der Waals surface area contributed by atoms with Gasteiger partial charge in [-0.15, -0.1) is 0 Å². The summed E-state index contributed by atoms with van der Waals surface area (Å²) in [5.74, 6) is -1.22. The average Bonchev–Trinajstić information content (AvgIpc) is 3.14. The Morgan fingerprint density at radius 3 is 2.23 bits per heavy atom. The van der Waals surface area contributed by atoms with Crippen LogP contribution in [-0.2, 0) is 32.6 Å².